The lowest BCUT2D eigenvalue weighted by atomic mass is 9.92. The van der Waals surface area contributed by atoms with Crippen molar-refractivity contribution in [2.45, 2.75) is 57.8 Å². The Balaban J connectivity index is 1.68. The number of carbonyl (C=O) groups excluding carboxylic acids is 2. The fourth-order valence-electron chi connectivity index (χ4n) is 5.60. The van der Waals surface area contributed by atoms with Crippen LogP contribution in [0.1, 0.15) is 65.7 Å². The van der Waals surface area contributed by atoms with E-state index in [0.29, 0.717) is 36.1 Å². The molecule has 0 spiro atoms. The number of amides is 1. The standard InChI is InChI=1S/C33H32FN3O6/c1-19(2)37-26(14-13-25-16-24(38)17-28(39)43-25)29(21-8-11-23(34)12-9-21)30(20-6-4-3-5-7-20)31(37)32(40)36-27-15-10-22(18-35-27)33(41)42/h3-12,15,18-19,24-25,38H,13-14,16-17H2,1-2H3,(H,41,42)(H,35,36,40). The predicted octanol–water partition coefficient (Wildman–Crippen LogP) is 5.89. The number of aromatic nitrogens is 2. The number of pyridine rings is 1. The van der Waals surface area contributed by atoms with E-state index in [1.54, 1.807) is 12.1 Å². The van der Waals surface area contributed by atoms with Crippen molar-refractivity contribution < 1.29 is 33.7 Å². The van der Waals surface area contributed by atoms with E-state index >= 15 is 0 Å². The third-order valence-electron chi connectivity index (χ3n) is 7.42. The minimum absolute atomic E-state index is 0.0112. The van der Waals surface area contributed by atoms with E-state index in [9.17, 15) is 29.0 Å². The van der Waals surface area contributed by atoms with Gasteiger partial charge in [0.15, 0.2) is 0 Å². The molecule has 222 valence electrons. The molecule has 0 radical (unpaired) electrons. The van der Waals surface area contributed by atoms with Crippen molar-refractivity contribution in [1.29, 1.82) is 0 Å². The van der Waals surface area contributed by atoms with Gasteiger partial charge < -0.3 is 24.8 Å². The Morgan fingerprint density at radius 3 is 2.35 bits per heavy atom. The molecular formula is C33H32FN3O6. The summed E-state index contributed by atoms with van der Waals surface area (Å²) in [7, 11) is 0. The summed E-state index contributed by atoms with van der Waals surface area (Å²) in [6.07, 6.45) is 0.978. The quantitative estimate of drug-likeness (QED) is 0.209. The first kappa shape index (κ1) is 29.7. The normalized spacial score (nSPS) is 16.6. The average molecular weight is 586 g/mol. The first-order chi connectivity index (χ1) is 20.6. The molecule has 1 aliphatic heterocycles. The maximum absolute atomic E-state index is 14.1. The third kappa shape index (κ3) is 6.49. The van der Waals surface area contributed by atoms with Gasteiger partial charge in [0.2, 0.25) is 0 Å². The van der Waals surface area contributed by atoms with Gasteiger partial charge in [-0.3, -0.25) is 9.59 Å². The van der Waals surface area contributed by atoms with Crippen LogP contribution in [0.25, 0.3) is 22.3 Å². The molecule has 0 bridgehead atoms. The zero-order valence-electron chi connectivity index (χ0n) is 23.8. The summed E-state index contributed by atoms with van der Waals surface area (Å²) in [4.78, 5) is 41.6. The summed E-state index contributed by atoms with van der Waals surface area (Å²) >= 11 is 0. The summed E-state index contributed by atoms with van der Waals surface area (Å²) in [6.45, 7) is 3.90. The van der Waals surface area contributed by atoms with Crippen LogP contribution < -0.4 is 5.32 Å². The third-order valence-corrected chi connectivity index (χ3v) is 7.42. The highest BCUT2D eigenvalue weighted by Gasteiger charge is 2.32. The smallest absolute Gasteiger partial charge is 0.337 e. The topological polar surface area (TPSA) is 131 Å². The predicted molar refractivity (Wildman–Crippen MR) is 158 cm³/mol. The van der Waals surface area contributed by atoms with Gasteiger partial charge in [0.1, 0.15) is 23.4 Å². The highest BCUT2D eigenvalue weighted by molar-refractivity contribution is 6.11. The van der Waals surface area contributed by atoms with Gasteiger partial charge in [-0.1, -0.05) is 42.5 Å². The van der Waals surface area contributed by atoms with Gasteiger partial charge >= 0.3 is 11.9 Å². The number of halogens is 1. The van der Waals surface area contributed by atoms with Crippen LogP contribution in [0.4, 0.5) is 10.2 Å². The lowest BCUT2D eigenvalue weighted by Gasteiger charge is -2.26. The largest absolute Gasteiger partial charge is 0.478 e. The van der Waals surface area contributed by atoms with Crippen molar-refractivity contribution in [2.24, 2.45) is 0 Å². The van der Waals surface area contributed by atoms with Crippen LogP contribution in [0, 0.1) is 5.82 Å². The summed E-state index contributed by atoms with van der Waals surface area (Å²) < 4.78 is 21.5. The van der Waals surface area contributed by atoms with Crippen LogP contribution in [0.2, 0.25) is 0 Å². The minimum atomic E-state index is -1.13. The molecule has 2 aromatic heterocycles. The molecule has 0 aliphatic carbocycles. The van der Waals surface area contributed by atoms with Gasteiger partial charge in [-0.05, 0) is 62.1 Å². The van der Waals surface area contributed by atoms with Crippen molar-refractivity contribution in [3.8, 4) is 22.3 Å². The number of esters is 1. The molecule has 2 aromatic carbocycles. The second kappa shape index (κ2) is 12.6. The number of hydrogen-bond donors (Lipinski definition) is 3. The molecule has 5 rings (SSSR count). The van der Waals surface area contributed by atoms with E-state index in [2.05, 4.69) is 10.3 Å². The maximum Gasteiger partial charge on any atom is 0.337 e. The Kier molecular flexibility index (Phi) is 8.68. The number of cyclic esters (lactones) is 1. The number of carboxylic acid groups (broad SMARTS) is 1. The molecule has 0 saturated carbocycles. The Labute approximate surface area is 248 Å². The molecule has 3 N–H and O–H groups in total. The highest BCUT2D eigenvalue weighted by atomic mass is 19.1. The van der Waals surface area contributed by atoms with E-state index < -0.39 is 35.9 Å². The Morgan fingerprint density at radius 1 is 1.05 bits per heavy atom. The Hall–Kier alpha value is -4.83. The van der Waals surface area contributed by atoms with Crippen LogP contribution in [0.15, 0.2) is 72.9 Å². The maximum atomic E-state index is 14.1. The first-order valence-electron chi connectivity index (χ1n) is 14.1. The van der Waals surface area contributed by atoms with Crippen LogP contribution in [0.5, 0.6) is 0 Å². The minimum Gasteiger partial charge on any atom is -0.478 e. The Morgan fingerprint density at radius 2 is 1.74 bits per heavy atom. The number of nitrogens with one attached hydrogen (secondary N) is 1. The molecule has 1 aliphatic rings. The number of aliphatic hydroxyl groups excluding tert-OH is 1. The number of nitrogens with zero attached hydrogens (tertiary/aromatic N) is 2. The zero-order valence-corrected chi connectivity index (χ0v) is 23.8. The number of anilines is 1. The van der Waals surface area contributed by atoms with Gasteiger partial charge in [-0.2, -0.15) is 0 Å². The van der Waals surface area contributed by atoms with Crippen LogP contribution in [0.3, 0.4) is 0 Å². The van der Waals surface area contributed by atoms with Gasteiger partial charge in [-0.15, -0.1) is 0 Å². The van der Waals surface area contributed by atoms with Crippen LogP contribution >= 0.6 is 0 Å². The number of aromatic carboxylic acids is 1. The Bertz CT molecular complexity index is 1630. The van der Waals surface area contributed by atoms with Gasteiger partial charge in [0.05, 0.1) is 18.1 Å². The zero-order chi connectivity index (χ0) is 30.7. The molecule has 1 saturated heterocycles. The number of carbonyl (C=O) groups is 3. The van der Waals surface area contributed by atoms with E-state index in [4.69, 9.17) is 4.74 Å². The highest BCUT2D eigenvalue weighted by Crippen LogP contribution is 2.43. The molecule has 4 aromatic rings. The second-order valence-corrected chi connectivity index (χ2v) is 10.8. The lowest BCUT2D eigenvalue weighted by Crippen LogP contribution is -2.33. The molecule has 2 atom stereocenters. The number of benzene rings is 2. The molecule has 43 heavy (non-hydrogen) atoms. The number of aliphatic hydroxyl groups is 1. The SMILES string of the molecule is CC(C)n1c(CCC2CC(O)CC(=O)O2)c(-c2ccc(F)cc2)c(-c2ccccc2)c1C(=O)Nc1ccc(C(=O)O)cn1. The summed E-state index contributed by atoms with van der Waals surface area (Å²) in [5.41, 5.74) is 3.96. The van der Waals surface area contributed by atoms with Crippen LogP contribution in [-0.2, 0) is 16.0 Å². The van der Waals surface area contributed by atoms with E-state index in [0.717, 1.165) is 16.8 Å². The lowest BCUT2D eigenvalue weighted by molar-refractivity contribution is -0.160. The number of rotatable bonds is 9. The monoisotopic (exact) mass is 585 g/mol. The summed E-state index contributed by atoms with van der Waals surface area (Å²) in [6, 6.07) is 18.1. The average Bonchev–Trinajstić information content (AvgIpc) is 3.32. The first-order valence-corrected chi connectivity index (χ1v) is 14.1. The molecule has 3 heterocycles. The number of ether oxygens (including phenoxy) is 1. The summed E-state index contributed by atoms with van der Waals surface area (Å²) in [5.74, 6) is -2.26. The fraction of sp³-hybridized carbons (Fsp3) is 0.273. The molecule has 1 fully saturated rings. The summed E-state index contributed by atoms with van der Waals surface area (Å²) in [5, 5.41) is 22.2. The van der Waals surface area contributed by atoms with Gasteiger partial charge in [0.25, 0.3) is 5.91 Å². The van der Waals surface area contributed by atoms with Gasteiger partial charge in [0, 0.05) is 35.5 Å². The van der Waals surface area contributed by atoms with Crippen molar-refractivity contribution in [2.75, 3.05) is 5.32 Å². The van der Waals surface area contributed by atoms with E-state index in [1.807, 2.05) is 48.7 Å². The van der Waals surface area contributed by atoms with Gasteiger partial charge in [-0.25, -0.2) is 14.2 Å². The molecule has 1 amide bonds. The van der Waals surface area contributed by atoms with Crippen molar-refractivity contribution >= 4 is 23.7 Å². The van der Waals surface area contributed by atoms with E-state index in [-0.39, 0.29) is 23.8 Å². The van der Waals surface area contributed by atoms with Crippen molar-refractivity contribution in [3.63, 3.8) is 0 Å². The van der Waals surface area contributed by atoms with Crippen molar-refractivity contribution in [3.05, 3.63) is 95.7 Å². The molecule has 9 nitrogen and oxygen atoms in total. The number of carboxylic acids is 1. The van der Waals surface area contributed by atoms with Crippen LogP contribution in [-0.4, -0.2) is 49.8 Å². The molecule has 10 heteroatoms. The second-order valence-electron chi connectivity index (χ2n) is 10.8. The molecular weight excluding hydrogens is 553 g/mol. The van der Waals surface area contributed by atoms with E-state index in [1.165, 1.54) is 30.5 Å². The fourth-order valence-corrected chi connectivity index (χ4v) is 5.60. The molecule has 2 unspecified atom stereocenters. The van der Waals surface area contributed by atoms with Crippen molar-refractivity contribution in [1.82, 2.24) is 9.55 Å². The number of hydrogen-bond acceptors (Lipinski definition) is 6.